The van der Waals surface area contributed by atoms with E-state index in [0.717, 1.165) is 0 Å². The topological polar surface area (TPSA) is 46.6 Å². The number of halogens is 1. The van der Waals surface area contributed by atoms with Crippen molar-refractivity contribution in [1.82, 2.24) is 4.90 Å². The van der Waals surface area contributed by atoms with Crippen molar-refractivity contribution >= 4 is 39.6 Å². The quantitative estimate of drug-likeness (QED) is 0.411. The second-order valence-electron chi connectivity index (χ2n) is 4.18. The molecule has 84 valence electrons. The number of carbonyl (C=O) groups is 2. The molecule has 0 spiro atoms. The highest BCUT2D eigenvalue weighted by Gasteiger charge is 2.63. The Bertz CT molecular complexity index is 333. The zero-order valence-corrected chi connectivity index (χ0v) is 11.1. The van der Waals surface area contributed by atoms with Crippen molar-refractivity contribution < 1.29 is 14.3 Å². The number of alkyl halides is 1. The first-order valence-electron chi connectivity index (χ1n) is 4.62. The fourth-order valence-electron chi connectivity index (χ4n) is 2.06. The molecular formula is C9H12BrNO3S. The lowest BCUT2D eigenvalue weighted by Gasteiger charge is -2.41. The first-order chi connectivity index (χ1) is 6.90. The minimum atomic E-state index is -0.459. The highest BCUT2D eigenvalue weighted by Crippen LogP contribution is 2.52. The van der Waals surface area contributed by atoms with Gasteiger partial charge in [0.2, 0.25) is 5.91 Å². The molecular weight excluding hydrogens is 282 g/mol. The van der Waals surface area contributed by atoms with Crippen LogP contribution >= 0.6 is 27.7 Å². The van der Waals surface area contributed by atoms with Crippen molar-refractivity contribution in [3.63, 3.8) is 0 Å². The molecule has 15 heavy (non-hydrogen) atoms. The maximum atomic E-state index is 11.6. The van der Waals surface area contributed by atoms with Crippen LogP contribution < -0.4 is 0 Å². The summed E-state index contributed by atoms with van der Waals surface area (Å²) in [6, 6.07) is -0.459. The number of ether oxygens (including phenoxy) is 1. The standard InChI is InChI=1S/C9H12BrNO3S/c1-9(2)5(8(13)14-3)11-6(12)4(10)7(11)15-9/h4-5,7H,1-3H3/t4-,5?,7-/m0/s1. The highest BCUT2D eigenvalue weighted by molar-refractivity contribution is 9.10. The number of amides is 1. The van der Waals surface area contributed by atoms with Crippen LogP contribution in [0.3, 0.4) is 0 Å². The summed E-state index contributed by atoms with van der Waals surface area (Å²) >= 11 is 4.96. The van der Waals surface area contributed by atoms with E-state index in [0.29, 0.717) is 0 Å². The molecule has 0 aromatic rings. The molecule has 2 heterocycles. The van der Waals surface area contributed by atoms with Crippen molar-refractivity contribution in [2.75, 3.05) is 7.11 Å². The average Bonchev–Trinajstić information content (AvgIpc) is 2.45. The fraction of sp³-hybridized carbons (Fsp3) is 0.778. The van der Waals surface area contributed by atoms with E-state index in [-0.39, 0.29) is 26.8 Å². The monoisotopic (exact) mass is 293 g/mol. The number of methoxy groups -OCH3 is 1. The lowest BCUT2D eigenvalue weighted by atomic mass is 9.98. The Balaban J connectivity index is 2.29. The Morgan fingerprint density at radius 1 is 1.60 bits per heavy atom. The van der Waals surface area contributed by atoms with Gasteiger partial charge < -0.3 is 9.64 Å². The summed E-state index contributed by atoms with van der Waals surface area (Å²) in [4.78, 5) is 24.7. The molecule has 0 N–H and O–H groups in total. The van der Waals surface area contributed by atoms with Gasteiger partial charge in [-0.05, 0) is 13.8 Å². The summed E-state index contributed by atoms with van der Waals surface area (Å²) in [7, 11) is 1.35. The average molecular weight is 294 g/mol. The van der Waals surface area contributed by atoms with Gasteiger partial charge in [0.05, 0.1) is 7.11 Å². The van der Waals surface area contributed by atoms with Crippen LogP contribution in [0.25, 0.3) is 0 Å². The molecule has 2 aliphatic rings. The number of hydrogen-bond acceptors (Lipinski definition) is 4. The largest absolute Gasteiger partial charge is 0.467 e. The molecule has 0 bridgehead atoms. The number of rotatable bonds is 1. The third kappa shape index (κ3) is 1.41. The number of β-lactam (4-membered cyclic amide) rings is 1. The van der Waals surface area contributed by atoms with E-state index in [4.69, 9.17) is 4.74 Å². The number of nitrogens with zero attached hydrogens (tertiary/aromatic N) is 1. The lowest BCUT2D eigenvalue weighted by molar-refractivity contribution is -0.158. The molecule has 3 atom stereocenters. The molecule has 2 aliphatic heterocycles. The summed E-state index contributed by atoms with van der Waals surface area (Å²) < 4.78 is 4.46. The molecule has 0 aliphatic carbocycles. The van der Waals surface area contributed by atoms with E-state index in [1.807, 2.05) is 13.8 Å². The van der Waals surface area contributed by atoms with E-state index >= 15 is 0 Å². The maximum Gasteiger partial charge on any atom is 0.330 e. The van der Waals surface area contributed by atoms with Crippen LogP contribution in [-0.4, -0.2) is 44.9 Å². The van der Waals surface area contributed by atoms with Crippen LogP contribution in [0.1, 0.15) is 13.8 Å². The lowest BCUT2D eigenvalue weighted by Crippen LogP contribution is -2.63. The van der Waals surface area contributed by atoms with E-state index in [2.05, 4.69) is 15.9 Å². The Kier molecular flexibility index (Phi) is 2.54. The number of hydrogen-bond donors (Lipinski definition) is 0. The number of thioether (sulfide) groups is 1. The summed E-state index contributed by atoms with van der Waals surface area (Å²) in [5.74, 6) is -0.351. The van der Waals surface area contributed by atoms with E-state index in [1.54, 1.807) is 16.7 Å². The van der Waals surface area contributed by atoms with Gasteiger partial charge in [0.1, 0.15) is 16.2 Å². The molecule has 2 fully saturated rings. The van der Waals surface area contributed by atoms with Crippen molar-refractivity contribution in [3.8, 4) is 0 Å². The van der Waals surface area contributed by atoms with Gasteiger partial charge in [0.15, 0.2) is 0 Å². The van der Waals surface area contributed by atoms with Crippen molar-refractivity contribution in [2.24, 2.45) is 0 Å². The number of esters is 1. The van der Waals surface area contributed by atoms with Gasteiger partial charge >= 0.3 is 5.97 Å². The van der Waals surface area contributed by atoms with Crippen molar-refractivity contribution in [1.29, 1.82) is 0 Å². The molecule has 0 aromatic carbocycles. The second kappa shape index (κ2) is 3.38. The molecule has 2 saturated heterocycles. The molecule has 1 amide bonds. The van der Waals surface area contributed by atoms with Crippen molar-refractivity contribution in [2.45, 2.75) is 34.8 Å². The van der Waals surface area contributed by atoms with Crippen molar-refractivity contribution in [3.05, 3.63) is 0 Å². The zero-order valence-electron chi connectivity index (χ0n) is 8.69. The maximum absolute atomic E-state index is 11.6. The third-order valence-electron chi connectivity index (χ3n) is 2.80. The first kappa shape index (κ1) is 11.3. The Labute approximate surface area is 101 Å². The van der Waals surface area contributed by atoms with E-state index in [9.17, 15) is 9.59 Å². The minimum absolute atomic E-state index is 0.0199. The third-order valence-corrected chi connectivity index (χ3v) is 5.61. The van der Waals surface area contributed by atoms with Crippen LogP contribution in [0, 0.1) is 0 Å². The summed E-state index contributed by atoms with van der Waals surface area (Å²) in [6.07, 6.45) is 0. The molecule has 2 rings (SSSR count). The van der Waals surface area contributed by atoms with Gasteiger partial charge in [-0.3, -0.25) is 4.79 Å². The fourth-order valence-corrected chi connectivity index (χ4v) is 4.41. The summed E-state index contributed by atoms with van der Waals surface area (Å²) in [5.41, 5.74) is 0. The highest BCUT2D eigenvalue weighted by atomic mass is 79.9. The Hall–Kier alpha value is -0.230. The van der Waals surface area contributed by atoms with Gasteiger partial charge in [-0.15, -0.1) is 11.8 Å². The van der Waals surface area contributed by atoms with E-state index < -0.39 is 6.04 Å². The molecule has 4 nitrogen and oxygen atoms in total. The Morgan fingerprint density at radius 2 is 2.20 bits per heavy atom. The molecule has 1 unspecified atom stereocenters. The predicted molar refractivity (Wildman–Crippen MR) is 60.8 cm³/mol. The molecule has 6 heteroatoms. The SMILES string of the molecule is COC(=O)C1N2C(=O)[C@H](Br)[C@@H]2SC1(C)C. The number of carbonyl (C=O) groups excluding carboxylic acids is 2. The van der Waals surface area contributed by atoms with Gasteiger partial charge in [0, 0.05) is 4.75 Å². The molecule has 0 radical (unpaired) electrons. The zero-order chi connectivity index (χ0) is 11.4. The predicted octanol–water partition coefficient (Wildman–Crippen LogP) is 0.985. The second-order valence-corrected chi connectivity index (χ2v) is 6.94. The Morgan fingerprint density at radius 3 is 2.73 bits per heavy atom. The van der Waals surface area contributed by atoms with Gasteiger partial charge in [-0.2, -0.15) is 0 Å². The molecule has 0 saturated carbocycles. The normalized spacial score (nSPS) is 37.2. The summed E-state index contributed by atoms with van der Waals surface area (Å²) in [6.45, 7) is 3.93. The van der Waals surface area contributed by atoms with Crippen LogP contribution in [0.4, 0.5) is 0 Å². The number of fused-ring (bicyclic) bond motifs is 1. The van der Waals surface area contributed by atoms with Gasteiger partial charge in [-0.25, -0.2) is 4.79 Å². The summed E-state index contributed by atoms with van der Waals surface area (Å²) in [5, 5.41) is 0.0663. The van der Waals surface area contributed by atoms with Crippen LogP contribution in [0.2, 0.25) is 0 Å². The first-order valence-corrected chi connectivity index (χ1v) is 6.41. The van der Waals surface area contributed by atoms with Gasteiger partial charge in [-0.1, -0.05) is 15.9 Å². The molecule has 0 aromatic heterocycles. The smallest absolute Gasteiger partial charge is 0.330 e. The van der Waals surface area contributed by atoms with Crippen LogP contribution in [0.5, 0.6) is 0 Å². The van der Waals surface area contributed by atoms with Crippen LogP contribution in [-0.2, 0) is 14.3 Å². The van der Waals surface area contributed by atoms with Gasteiger partial charge in [0.25, 0.3) is 0 Å². The van der Waals surface area contributed by atoms with E-state index in [1.165, 1.54) is 7.11 Å². The minimum Gasteiger partial charge on any atom is -0.467 e. The van der Waals surface area contributed by atoms with Crippen LogP contribution in [0.15, 0.2) is 0 Å².